The molecule has 1 atom stereocenters. The molecule has 0 spiro atoms. The first-order valence-corrected chi connectivity index (χ1v) is 10.6. The van der Waals surface area contributed by atoms with Crippen molar-refractivity contribution >= 4 is 9.84 Å². The minimum absolute atomic E-state index is 0.0307. The number of aromatic nitrogens is 4. The van der Waals surface area contributed by atoms with Crippen LogP contribution in [0.4, 0.5) is 4.39 Å². The maximum atomic E-state index is 13.1. The Bertz CT molecular complexity index is 1030. The fourth-order valence-corrected chi connectivity index (χ4v) is 4.98. The molecule has 1 fully saturated rings. The van der Waals surface area contributed by atoms with E-state index in [4.69, 9.17) is 0 Å². The quantitative estimate of drug-likeness (QED) is 0.693. The summed E-state index contributed by atoms with van der Waals surface area (Å²) in [4.78, 5) is 4.22. The third-order valence-electron chi connectivity index (χ3n) is 4.70. The van der Waals surface area contributed by atoms with Gasteiger partial charge in [-0.25, -0.2) is 22.5 Å². The lowest BCUT2D eigenvalue weighted by Crippen LogP contribution is -2.32. The van der Waals surface area contributed by atoms with Crippen LogP contribution in [-0.2, 0) is 16.4 Å². The molecule has 3 aromatic rings. The zero-order valence-electron chi connectivity index (χ0n) is 14.6. The van der Waals surface area contributed by atoms with Gasteiger partial charge in [-0.1, -0.05) is 0 Å². The summed E-state index contributed by atoms with van der Waals surface area (Å²) in [6.45, 7) is 1.34. The lowest BCUT2D eigenvalue weighted by Gasteiger charge is -2.12. The molecule has 1 N–H and O–H groups in total. The highest BCUT2D eigenvalue weighted by Gasteiger charge is 2.27. The first-order chi connectivity index (χ1) is 13.0. The van der Waals surface area contributed by atoms with Crippen LogP contribution in [0.5, 0.6) is 0 Å². The number of sulfone groups is 1. The summed E-state index contributed by atoms with van der Waals surface area (Å²) in [6.07, 6.45) is 7.80. The van der Waals surface area contributed by atoms with Crippen molar-refractivity contribution in [1.29, 1.82) is 0 Å². The number of rotatable bonds is 6. The molecule has 0 radical (unpaired) electrons. The molecule has 9 heteroatoms. The van der Waals surface area contributed by atoms with Crippen molar-refractivity contribution in [2.24, 2.45) is 0 Å². The van der Waals surface area contributed by atoms with Crippen molar-refractivity contribution < 1.29 is 12.8 Å². The van der Waals surface area contributed by atoms with E-state index in [2.05, 4.69) is 15.4 Å². The third-order valence-corrected chi connectivity index (χ3v) is 6.47. The average Bonchev–Trinajstić information content (AvgIpc) is 3.35. The van der Waals surface area contributed by atoms with Gasteiger partial charge < -0.3 is 9.88 Å². The van der Waals surface area contributed by atoms with Gasteiger partial charge in [-0.2, -0.15) is 5.10 Å². The molecular weight excluding hydrogens is 369 g/mol. The van der Waals surface area contributed by atoms with Crippen LogP contribution >= 0.6 is 0 Å². The second kappa shape index (κ2) is 7.24. The van der Waals surface area contributed by atoms with Gasteiger partial charge in [0.2, 0.25) is 0 Å². The molecule has 0 amide bonds. The van der Waals surface area contributed by atoms with E-state index in [1.807, 2.05) is 10.8 Å². The first kappa shape index (κ1) is 17.9. The lowest BCUT2D eigenvalue weighted by molar-refractivity contribution is 0.521. The molecule has 1 aromatic carbocycles. The summed E-state index contributed by atoms with van der Waals surface area (Å²) in [7, 11) is -2.87. The molecule has 1 aliphatic heterocycles. The second-order valence-electron chi connectivity index (χ2n) is 6.68. The van der Waals surface area contributed by atoms with Gasteiger partial charge in [-0.3, -0.25) is 0 Å². The Balaban J connectivity index is 1.42. The van der Waals surface area contributed by atoms with Gasteiger partial charge >= 0.3 is 0 Å². The molecular formula is C18H20FN5O2S. The number of nitrogens with one attached hydrogen (secondary N) is 1. The van der Waals surface area contributed by atoms with Crippen LogP contribution in [0.1, 0.15) is 6.42 Å². The number of benzene rings is 1. The molecule has 0 saturated carbocycles. The van der Waals surface area contributed by atoms with E-state index in [1.165, 1.54) is 12.1 Å². The fraction of sp³-hybridized carbons (Fsp3) is 0.333. The summed E-state index contributed by atoms with van der Waals surface area (Å²) < 4.78 is 39.8. The molecule has 1 saturated heterocycles. The van der Waals surface area contributed by atoms with Gasteiger partial charge in [-0.05, 0) is 30.7 Å². The Morgan fingerprint density at radius 2 is 2.04 bits per heavy atom. The predicted molar refractivity (Wildman–Crippen MR) is 99.8 cm³/mol. The molecule has 0 bridgehead atoms. The molecule has 142 valence electrons. The van der Waals surface area contributed by atoms with Gasteiger partial charge in [0, 0.05) is 30.9 Å². The van der Waals surface area contributed by atoms with E-state index in [1.54, 1.807) is 35.5 Å². The highest BCUT2D eigenvalue weighted by Crippen LogP contribution is 2.20. The van der Waals surface area contributed by atoms with Crippen molar-refractivity contribution in [1.82, 2.24) is 24.6 Å². The highest BCUT2D eigenvalue weighted by atomic mass is 32.2. The zero-order chi connectivity index (χ0) is 18.9. The summed E-state index contributed by atoms with van der Waals surface area (Å²) in [6, 6.07) is 6.17. The number of hydrogen-bond donors (Lipinski definition) is 1. The second-order valence-corrected chi connectivity index (χ2v) is 8.91. The van der Waals surface area contributed by atoms with Crippen molar-refractivity contribution in [2.75, 3.05) is 18.1 Å². The van der Waals surface area contributed by atoms with E-state index in [0.717, 1.165) is 16.9 Å². The van der Waals surface area contributed by atoms with Crippen LogP contribution in [0.15, 0.2) is 49.2 Å². The number of nitrogens with zero attached hydrogens (tertiary/aromatic N) is 4. The maximum Gasteiger partial charge on any atom is 0.151 e. The number of imidazole rings is 1. The molecule has 1 unspecified atom stereocenters. The Morgan fingerprint density at radius 1 is 1.22 bits per heavy atom. The van der Waals surface area contributed by atoms with Gasteiger partial charge in [0.05, 0.1) is 41.6 Å². The Hall–Kier alpha value is -2.52. The number of halogens is 1. The molecule has 7 nitrogen and oxygen atoms in total. The van der Waals surface area contributed by atoms with Crippen LogP contribution in [0.25, 0.3) is 16.9 Å². The molecule has 3 heterocycles. The highest BCUT2D eigenvalue weighted by molar-refractivity contribution is 7.91. The summed E-state index contributed by atoms with van der Waals surface area (Å²) >= 11 is 0. The maximum absolute atomic E-state index is 13.1. The van der Waals surface area contributed by atoms with E-state index < -0.39 is 9.84 Å². The summed E-state index contributed by atoms with van der Waals surface area (Å²) in [5, 5.41) is 7.65. The largest absolute Gasteiger partial charge is 0.329 e. The van der Waals surface area contributed by atoms with Crippen LogP contribution in [0.2, 0.25) is 0 Å². The van der Waals surface area contributed by atoms with Crippen molar-refractivity contribution in [3.63, 3.8) is 0 Å². The minimum atomic E-state index is -2.87. The van der Waals surface area contributed by atoms with Gasteiger partial charge in [-0.15, -0.1) is 0 Å². The van der Waals surface area contributed by atoms with Crippen LogP contribution in [-0.4, -0.2) is 51.8 Å². The van der Waals surface area contributed by atoms with Crippen molar-refractivity contribution in [2.45, 2.75) is 19.0 Å². The van der Waals surface area contributed by atoms with Crippen LogP contribution in [0, 0.1) is 5.82 Å². The minimum Gasteiger partial charge on any atom is -0.329 e. The SMILES string of the molecule is O=S1(=O)CCC(NCCn2cncc2-c2cnn(-c3ccc(F)cc3)c2)C1. The van der Waals surface area contributed by atoms with Gasteiger partial charge in [0.15, 0.2) is 9.84 Å². The van der Waals surface area contributed by atoms with Crippen molar-refractivity contribution in [3.8, 4) is 16.9 Å². The molecule has 27 heavy (non-hydrogen) atoms. The molecule has 0 aliphatic carbocycles. The summed E-state index contributed by atoms with van der Waals surface area (Å²) in [5.74, 6) is 0.199. The van der Waals surface area contributed by atoms with E-state index in [0.29, 0.717) is 19.5 Å². The molecule has 1 aliphatic rings. The summed E-state index contributed by atoms with van der Waals surface area (Å²) in [5.41, 5.74) is 2.60. The lowest BCUT2D eigenvalue weighted by atomic mass is 10.2. The van der Waals surface area contributed by atoms with Gasteiger partial charge in [0.25, 0.3) is 0 Å². The van der Waals surface area contributed by atoms with E-state index >= 15 is 0 Å². The monoisotopic (exact) mass is 389 g/mol. The first-order valence-electron chi connectivity index (χ1n) is 8.75. The number of hydrogen-bond acceptors (Lipinski definition) is 5. The Kier molecular flexibility index (Phi) is 4.79. The smallest absolute Gasteiger partial charge is 0.151 e. The topological polar surface area (TPSA) is 81.8 Å². The molecule has 2 aromatic heterocycles. The van der Waals surface area contributed by atoms with Crippen LogP contribution in [0.3, 0.4) is 0 Å². The molecule has 4 rings (SSSR count). The van der Waals surface area contributed by atoms with E-state index in [9.17, 15) is 12.8 Å². The van der Waals surface area contributed by atoms with E-state index in [-0.39, 0.29) is 23.4 Å². The van der Waals surface area contributed by atoms with Crippen LogP contribution < -0.4 is 5.32 Å². The average molecular weight is 389 g/mol. The van der Waals surface area contributed by atoms with Gasteiger partial charge in [0.1, 0.15) is 5.82 Å². The third kappa shape index (κ3) is 4.09. The standard InChI is InChI=1S/C18H20FN5O2S/c19-15-1-3-17(4-2-15)24-11-14(9-22-24)18-10-20-13-23(18)7-6-21-16-5-8-27(25,26)12-16/h1-4,9-11,13,16,21H,5-8,12H2. The normalized spacial score (nSPS) is 18.8. The zero-order valence-corrected chi connectivity index (χ0v) is 15.4. The Labute approximate surface area is 156 Å². The fourth-order valence-electron chi connectivity index (χ4n) is 3.27. The Morgan fingerprint density at radius 3 is 2.78 bits per heavy atom. The van der Waals surface area contributed by atoms with Crippen molar-refractivity contribution in [3.05, 3.63) is 55.0 Å². The predicted octanol–water partition coefficient (Wildman–Crippen LogP) is 1.65.